The molecule has 0 fully saturated rings. The van der Waals surface area contributed by atoms with Crippen molar-refractivity contribution in [2.45, 2.75) is 20.0 Å². The van der Waals surface area contributed by atoms with Crippen LogP contribution in [0.2, 0.25) is 10.0 Å². The largest absolute Gasteiger partial charge is 0.322 e. The van der Waals surface area contributed by atoms with Gasteiger partial charge in [0, 0.05) is 27.8 Å². The van der Waals surface area contributed by atoms with Crippen LogP contribution >= 0.6 is 23.2 Å². The van der Waals surface area contributed by atoms with Crippen LogP contribution in [0.3, 0.4) is 0 Å². The normalized spacial score (nSPS) is 10.8. The van der Waals surface area contributed by atoms with Gasteiger partial charge in [-0.3, -0.25) is 4.79 Å². The molecule has 0 unspecified atom stereocenters. The fourth-order valence-electron chi connectivity index (χ4n) is 3.52. The number of urea groups is 1. The van der Waals surface area contributed by atoms with E-state index in [4.69, 9.17) is 23.2 Å². The number of aromatic nitrogens is 1. The second kappa shape index (κ2) is 9.47. The first-order chi connectivity index (χ1) is 15.4. The molecule has 7 heteroatoms. The number of rotatable bonds is 5. The molecule has 0 bridgehead atoms. The van der Waals surface area contributed by atoms with Gasteiger partial charge in [0.05, 0.1) is 12.1 Å². The number of amides is 2. The van der Waals surface area contributed by atoms with Crippen LogP contribution in [0.1, 0.15) is 16.7 Å². The second-order valence-electron chi connectivity index (χ2n) is 7.55. The molecular formula is C25H21Cl2N3O2. The first kappa shape index (κ1) is 21.9. The van der Waals surface area contributed by atoms with E-state index in [2.05, 4.69) is 10.3 Å². The Kier molecular flexibility index (Phi) is 6.49. The molecule has 32 heavy (non-hydrogen) atoms. The Labute approximate surface area is 195 Å². The Hall–Kier alpha value is -3.28. The summed E-state index contributed by atoms with van der Waals surface area (Å²) in [6.45, 7) is 2.30. The number of carbonyl (C=O) groups is 1. The van der Waals surface area contributed by atoms with Gasteiger partial charge >= 0.3 is 6.03 Å². The third kappa shape index (κ3) is 4.96. The fourth-order valence-corrected chi connectivity index (χ4v) is 3.84. The lowest BCUT2D eigenvalue weighted by molar-refractivity contribution is 0.206. The highest BCUT2D eigenvalue weighted by Gasteiger charge is 2.18. The number of hydrogen-bond acceptors (Lipinski definition) is 2. The number of pyridine rings is 1. The monoisotopic (exact) mass is 465 g/mol. The highest BCUT2D eigenvalue weighted by Crippen LogP contribution is 2.21. The Morgan fingerprint density at radius 1 is 0.938 bits per heavy atom. The van der Waals surface area contributed by atoms with Gasteiger partial charge in [-0.05, 0) is 59.8 Å². The average molecular weight is 466 g/mol. The summed E-state index contributed by atoms with van der Waals surface area (Å²) in [4.78, 5) is 30.5. The van der Waals surface area contributed by atoms with Crippen LogP contribution in [0.15, 0.2) is 77.6 Å². The van der Waals surface area contributed by atoms with E-state index in [9.17, 15) is 9.59 Å². The van der Waals surface area contributed by atoms with E-state index in [1.807, 2.05) is 49.4 Å². The van der Waals surface area contributed by atoms with Gasteiger partial charge in [-0.25, -0.2) is 4.79 Å². The van der Waals surface area contributed by atoms with Gasteiger partial charge in [0.1, 0.15) is 0 Å². The van der Waals surface area contributed by atoms with Gasteiger partial charge in [-0.1, -0.05) is 59.6 Å². The molecule has 0 aliphatic carbocycles. The summed E-state index contributed by atoms with van der Waals surface area (Å²) in [6.07, 6.45) is 0. The Morgan fingerprint density at radius 3 is 2.41 bits per heavy atom. The van der Waals surface area contributed by atoms with E-state index in [0.717, 1.165) is 22.0 Å². The molecule has 0 radical (unpaired) electrons. The maximum absolute atomic E-state index is 13.2. The standard InChI is InChI=1S/C25H21Cl2N3O2/c1-16-5-4-7-17-13-19(24(31)29-23(16)17)15-30(14-18-6-2-3-8-22(18)27)25(32)28-21-11-9-20(26)10-12-21/h2-13H,14-15H2,1H3,(H,28,32)(H,29,31). The number of nitrogens with zero attached hydrogens (tertiary/aromatic N) is 1. The van der Waals surface area contributed by atoms with E-state index in [1.165, 1.54) is 0 Å². The molecule has 3 aromatic carbocycles. The third-order valence-electron chi connectivity index (χ3n) is 5.23. The van der Waals surface area contributed by atoms with E-state index in [1.54, 1.807) is 35.2 Å². The number of benzene rings is 3. The molecule has 4 aromatic rings. The predicted octanol–water partition coefficient (Wildman–Crippen LogP) is 6.38. The quantitative estimate of drug-likeness (QED) is 0.359. The number of hydrogen-bond donors (Lipinski definition) is 2. The topological polar surface area (TPSA) is 65.2 Å². The first-order valence-electron chi connectivity index (χ1n) is 10.1. The van der Waals surface area contributed by atoms with Crippen LogP contribution in [0, 0.1) is 6.92 Å². The second-order valence-corrected chi connectivity index (χ2v) is 8.39. The number of fused-ring (bicyclic) bond motifs is 1. The van der Waals surface area contributed by atoms with Gasteiger partial charge in [0.15, 0.2) is 0 Å². The van der Waals surface area contributed by atoms with E-state index >= 15 is 0 Å². The maximum Gasteiger partial charge on any atom is 0.322 e. The number of H-pyrrole nitrogens is 1. The number of para-hydroxylation sites is 1. The van der Waals surface area contributed by atoms with Crippen LogP contribution < -0.4 is 10.9 Å². The number of anilines is 1. The summed E-state index contributed by atoms with van der Waals surface area (Å²) < 4.78 is 0. The van der Waals surface area contributed by atoms with Crippen molar-refractivity contribution in [2.24, 2.45) is 0 Å². The minimum absolute atomic E-state index is 0.115. The lowest BCUT2D eigenvalue weighted by Gasteiger charge is -2.24. The minimum Gasteiger partial charge on any atom is -0.321 e. The number of nitrogens with one attached hydrogen (secondary N) is 2. The van der Waals surface area contributed by atoms with Crippen molar-refractivity contribution < 1.29 is 4.79 Å². The molecule has 2 N–H and O–H groups in total. The van der Waals surface area contributed by atoms with Gasteiger partial charge in [-0.2, -0.15) is 0 Å². The molecule has 2 amide bonds. The van der Waals surface area contributed by atoms with Crippen LogP contribution in [-0.4, -0.2) is 15.9 Å². The molecule has 4 rings (SSSR count). The number of halogens is 2. The van der Waals surface area contributed by atoms with Gasteiger partial charge in [0.2, 0.25) is 0 Å². The summed E-state index contributed by atoms with van der Waals surface area (Å²) in [5.41, 5.74) is 3.43. The van der Waals surface area contributed by atoms with Crippen LogP contribution in [0.4, 0.5) is 10.5 Å². The molecule has 1 heterocycles. The molecule has 0 atom stereocenters. The van der Waals surface area contributed by atoms with Crippen LogP contribution in [0.5, 0.6) is 0 Å². The zero-order valence-corrected chi connectivity index (χ0v) is 18.9. The number of aryl methyl sites for hydroxylation is 1. The highest BCUT2D eigenvalue weighted by molar-refractivity contribution is 6.31. The molecule has 5 nitrogen and oxygen atoms in total. The Bertz CT molecular complexity index is 1330. The third-order valence-corrected chi connectivity index (χ3v) is 5.85. The summed E-state index contributed by atoms with van der Waals surface area (Å²) in [6, 6.07) is 21.5. The summed E-state index contributed by atoms with van der Waals surface area (Å²) in [7, 11) is 0. The first-order valence-corrected chi connectivity index (χ1v) is 10.8. The van der Waals surface area contributed by atoms with Gasteiger partial charge < -0.3 is 15.2 Å². The van der Waals surface area contributed by atoms with Gasteiger partial charge in [0.25, 0.3) is 5.56 Å². The molecule has 0 aliphatic rings. The van der Waals surface area contributed by atoms with Crippen molar-refractivity contribution >= 4 is 45.8 Å². The fraction of sp³-hybridized carbons (Fsp3) is 0.120. The molecule has 0 saturated carbocycles. The highest BCUT2D eigenvalue weighted by atomic mass is 35.5. The molecule has 0 saturated heterocycles. The summed E-state index contributed by atoms with van der Waals surface area (Å²) in [5, 5.41) is 4.91. The predicted molar refractivity (Wildman–Crippen MR) is 130 cm³/mol. The SMILES string of the molecule is Cc1cccc2cc(CN(Cc3ccccc3Cl)C(=O)Nc3ccc(Cl)cc3)c(=O)[nH]c12. The van der Waals surface area contributed by atoms with E-state index < -0.39 is 0 Å². The Balaban J connectivity index is 1.67. The average Bonchev–Trinajstić information content (AvgIpc) is 2.77. The van der Waals surface area contributed by atoms with Crippen molar-refractivity contribution in [1.82, 2.24) is 9.88 Å². The molecular weight excluding hydrogens is 445 g/mol. The van der Waals surface area contributed by atoms with Crippen LogP contribution in [-0.2, 0) is 13.1 Å². The number of aromatic amines is 1. The molecule has 0 spiro atoms. The molecule has 162 valence electrons. The smallest absolute Gasteiger partial charge is 0.321 e. The minimum atomic E-state index is -0.351. The zero-order valence-electron chi connectivity index (χ0n) is 17.4. The lowest BCUT2D eigenvalue weighted by atomic mass is 10.1. The van der Waals surface area contributed by atoms with E-state index in [0.29, 0.717) is 21.3 Å². The summed E-state index contributed by atoms with van der Waals surface area (Å²) >= 11 is 12.3. The lowest BCUT2D eigenvalue weighted by Crippen LogP contribution is -2.35. The number of carbonyl (C=O) groups excluding carboxylic acids is 1. The van der Waals surface area contributed by atoms with Crippen LogP contribution in [0.25, 0.3) is 10.9 Å². The maximum atomic E-state index is 13.2. The van der Waals surface area contributed by atoms with Crippen molar-refractivity contribution in [2.75, 3.05) is 5.32 Å². The summed E-state index contributed by atoms with van der Waals surface area (Å²) in [5.74, 6) is 0. The van der Waals surface area contributed by atoms with Crippen molar-refractivity contribution in [3.05, 3.63) is 110 Å². The van der Waals surface area contributed by atoms with Crippen molar-refractivity contribution in [3.63, 3.8) is 0 Å². The van der Waals surface area contributed by atoms with Gasteiger partial charge in [-0.15, -0.1) is 0 Å². The van der Waals surface area contributed by atoms with Crippen molar-refractivity contribution in [3.8, 4) is 0 Å². The molecule has 1 aromatic heterocycles. The van der Waals surface area contributed by atoms with E-state index in [-0.39, 0.29) is 24.7 Å². The zero-order chi connectivity index (χ0) is 22.7. The Morgan fingerprint density at radius 2 is 1.66 bits per heavy atom. The molecule has 0 aliphatic heterocycles. The van der Waals surface area contributed by atoms with Crippen molar-refractivity contribution in [1.29, 1.82) is 0 Å².